The number of nitrogens with one attached hydrogen (secondary N) is 1. The molecule has 0 heterocycles. The molecule has 1 unspecified atom stereocenters. The van der Waals surface area contributed by atoms with Crippen molar-refractivity contribution in [1.82, 2.24) is 0 Å². The highest BCUT2D eigenvalue weighted by atomic mass is 35.5. The molecule has 0 saturated carbocycles. The molecule has 1 N–H and O–H groups in total. The fourth-order valence-corrected chi connectivity index (χ4v) is 2.90. The minimum atomic E-state index is -0.682. The number of amides is 1. The van der Waals surface area contributed by atoms with Crippen LogP contribution in [0.2, 0.25) is 10.0 Å². The summed E-state index contributed by atoms with van der Waals surface area (Å²) in [5, 5.41) is 3.90. The molecule has 1 amide bonds. The van der Waals surface area contributed by atoms with Crippen molar-refractivity contribution in [1.29, 1.82) is 0 Å². The Morgan fingerprint density at radius 3 is 2.29 bits per heavy atom. The molecule has 0 fully saturated rings. The molecule has 0 radical (unpaired) electrons. The number of carbonyl (C=O) groups is 1. The van der Waals surface area contributed by atoms with Crippen molar-refractivity contribution in [2.75, 3.05) is 5.32 Å². The van der Waals surface area contributed by atoms with Crippen LogP contribution in [0.5, 0.6) is 5.75 Å². The van der Waals surface area contributed by atoms with Crippen LogP contribution in [0.25, 0.3) is 0 Å². The van der Waals surface area contributed by atoms with Crippen LogP contribution in [0.4, 0.5) is 5.69 Å². The lowest BCUT2D eigenvalue weighted by Gasteiger charge is -2.19. The molecule has 5 heteroatoms. The van der Waals surface area contributed by atoms with Gasteiger partial charge in [0.1, 0.15) is 5.75 Å². The van der Waals surface area contributed by atoms with E-state index in [0.29, 0.717) is 15.8 Å². The van der Waals surface area contributed by atoms with Gasteiger partial charge in [0, 0.05) is 10.7 Å². The quantitative estimate of drug-likeness (QED) is 0.731. The van der Waals surface area contributed by atoms with E-state index in [1.807, 2.05) is 18.2 Å². The molecule has 0 spiro atoms. The van der Waals surface area contributed by atoms with E-state index in [4.69, 9.17) is 27.9 Å². The number of hydrogen-bond donors (Lipinski definition) is 1. The van der Waals surface area contributed by atoms with Crippen LogP contribution >= 0.6 is 23.2 Å². The normalized spacial score (nSPS) is 11.9. The monoisotopic (exact) mass is 365 g/mol. The van der Waals surface area contributed by atoms with E-state index in [1.54, 1.807) is 25.1 Å². The summed E-state index contributed by atoms with van der Waals surface area (Å²) in [4.78, 5) is 12.5. The first-order valence-corrected chi connectivity index (χ1v) is 8.75. The van der Waals surface area contributed by atoms with Crippen molar-refractivity contribution in [3.63, 3.8) is 0 Å². The second-order valence-corrected chi connectivity index (χ2v) is 6.33. The highest BCUT2D eigenvalue weighted by Gasteiger charge is 2.18. The summed E-state index contributed by atoms with van der Waals surface area (Å²) in [6.07, 6.45) is 1.02. The molecular formula is C19H21Cl2NO2. The average Bonchev–Trinajstić information content (AvgIpc) is 2.57. The first-order chi connectivity index (χ1) is 11.5. The summed E-state index contributed by atoms with van der Waals surface area (Å²) in [6, 6.07) is 11.0. The molecule has 2 aromatic rings. The highest BCUT2D eigenvalue weighted by molar-refractivity contribution is 6.35. The maximum Gasteiger partial charge on any atom is 0.265 e. The number of halogens is 2. The summed E-state index contributed by atoms with van der Waals surface area (Å²) >= 11 is 12.0. The molecule has 0 saturated heterocycles. The van der Waals surface area contributed by atoms with Crippen LogP contribution in [0.15, 0.2) is 36.4 Å². The predicted octanol–water partition coefficient (Wildman–Crippen LogP) is 5.52. The number of carbonyl (C=O) groups excluding carboxylic acids is 1. The minimum absolute atomic E-state index is 0.211. The van der Waals surface area contributed by atoms with Gasteiger partial charge < -0.3 is 10.1 Å². The fraction of sp³-hybridized carbons (Fsp3) is 0.316. The Hall–Kier alpha value is -1.71. The lowest BCUT2D eigenvalue weighted by Crippen LogP contribution is -2.31. The lowest BCUT2D eigenvalue weighted by atomic mass is 10.0. The second-order valence-electron chi connectivity index (χ2n) is 5.48. The van der Waals surface area contributed by atoms with E-state index in [1.165, 1.54) is 0 Å². The Morgan fingerprint density at radius 1 is 1.12 bits per heavy atom. The van der Waals surface area contributed by atoms with Gasteiger partial charge in [-0.1, -0.05) is 55.2 Å². The van der Waals surface area contributed by atoms with Crippen LogP contribution < -0.4 is 10.1 Å². The largest absolute Gasteiger partial charge is 0.479 e. The maximum atomic E-state index is 12.5. The van der Waals surface area contributed by atoms with Gasteiger partial charge in [-0.2, -0.15) is 0 Å². The van der Waals surface area contributed by atoms with Gasteiger partial charge >= 0.3 is 0 Å². The van der Waals surface area contributed by atoms with Gasteiger partial charge in [-0.25, -0.2) is 0 Å². The SMILES string of the molecule is CCc1cccc(CC)c1NC(=O)C(C)Oc1ccc(Cl)cc1Cl. The van der Waals surface area contributed by atoms with Gasteiger partial charge in [0.25, 0.3) is 5.91 Å². The molecule has 24 heavy (non-hydrogen) atoms. The van der Waals surface area contributed by atoms with Crippen LogP contribution in [0, 0.1) is 0 Å². The lowest BCUT2D eigenvalue weighted by molar-refractivity contribution is -0.122. The molecule has 2 rings (SSSR count). The Kier molecular flexibility index (Phi) is 6.52. The fourth-order valence-electron chi connectivity index (χ4n) is 2.44. The van der Waals surface area contributed by atoms with E-state index < -0.39 is 6.10 Å². The molecule has 1 atom stereocenters. The van der Waals surface area contributed by atoms with E-state index in [0.717, 1.165) is 29.7 Å². The zero-order chi connectivity index (χ0) is 17.7. The zero-order valence-electron chi connectivity index (χ0n) is 14.0. The first-order valence-electron chi connectivity index (χ1n) is 7.99. The Bertz CT molecular complexity index is 709. The third-order valence-corrected chi connectivity index (χ3v) is 4.34. The summed E-state index contributed by atoms with van der Waals surface area (Å²) < 4.78 is 5.68. The molecular weight excluding hydrogens is 345 g/mol. The molecule has 0 aromatic heterocycles. The molecule has 0 aliphatic heterocycles. The number of anilines is 1. The highest BCUT2D eigenvalue weighted by Crippen LogP contribution is 2.29. The van der Waals surface area contributed by atoms with E-state index in [2.05, 4.69) is 19.2 Å². The third-order valence-electron chi connectivity index (χ3n) is 3.81. The van der Waals surface area contributed by atoms with Crippen LogP contribution in [0.1, 0.15) is 31.9 Å². The number of rotatable bonds is 6. The molecule has 0 aliphatic rings. The maximum absolute atomic E-state index is 12.5. The number of hydrogen-bond acceptors (Lipinski definition) is 2. The van der Waals surface area contributed by atoms with Crippen molar-refractivity contribution in [3.05, 3.63) is 57.6 Å². The van der Waals surface area contributed by atoms with Crippen molar-refractivity contribution < 1.29 is 9.53 Å². The van der Waals surface area contributed by atoms with E-state index >= 15 is 0 Å². The van der Waals surface area contributed by atoms with Crippen molar-refractivity contribution in [2.24, 2.45) is 0 Å². The summed E-state index contributed by atoms with van der Waals surface area (Å²) in [5.41, 5.74) is 3.10. The molecule has 0 aliphatic carbocycles. The molecule has 2 aromatic carbocycles. The van der Waals surface area contributed by atoms with Crippen LogP contribution in [-0.2, 0) is 17.6 Å². The predicted molar refractivity (Wildman–Crippen MR) is 100 cm³/mol. The van der Waals surface area contributed by atoms with Gasteiger partial charge in [-0.15, -0.1) is 0 Å². The van der Waals surface area contributed by atoms with Crippen LogP contribution in [-0.4, -0.2) is 12.0 Å². The standard InChI is InChI=1S/C19H21Cl2NO2/c1-4-13-7-6-8-14(5-2)18(13)22-19(23)12(3)24-17-10-9-15(20)11-16(17)21/h6-12H,4-5H2,1-3H3,(H,22,23). The van der Waals surface area contributed by atoms with Gasteiger partial charge in [0.05, 0.1) is 5.02 Å². The minimum Gasteiger partial charge on any atom is -0.479 e. The Labute approximate surface area is 152 Å². The zero-order valence-corrected chi connectivity index (χ0v) is 15.5. The van der Waals surface area contributed by atoms with E-state index in [-0.39, 0.29) is 5.91 Å². The number of benzene rings is 2. The Balaban J connectivity index is 2.15. The summed E-state index contributed by atoms with van der Waals surface area (Å²) in [7, 11) is 0. The molecule has 3 nitrogen and oxygen atoms in total. The van der Waals surface area contributed by atoms with Crippen LogP contribution in [0.3, 0.4) is 0 Å². The van der Waals surface area contributed by atoms with E-state index in [9.17, 15) is 4.79 Å². The topological polar surface area (TPSA) is 38.3 Å². The second kappa shape index (κ2) is 8.41. The molecule has 0 bridgehead atoms. The van der Waals surface area contributed by atoms with Gasteiger partial charge in [-0.05, 0) is 49.1 Å². The number of aryl methyl sites for hydroxylation is 2. The van der Waals surface area contributed by atoms with Gasteiger partial charge in [0.2, 0.25) is 0 Å². The van der Waals surface area contributed by atoms with Crippen molar-refractivity contribution >= 4 is 34.8 Å². The Morgan fingerprint density at radius 2 is 1.75 bits per heavy atom. The van der Waals surface area contributed by atoms with Gasteiger partial charge in [-0.3, -0.25) is 4.79 Å². The third kappa shape index (κ3) is 4.43. The average molecular weight is 366 g/mol. The van der Waals surface area contributed by atoms with Gasteiger partial charge in [0.15, 0.2) is 6.10 Å². The molecule has 128 valence electrons. The number of para-hydroxylation sites is 1. The van der Waals surface area contributed by atoms with Crippen molar-refractivity contribution in [2.45, 2.75) is 39.7 Å². The smallest absolute Gasteiger partial charge is 0.265 e. The summed E-state index contributed by atoms with van der Waals surface area (Å²) in [5.74, 6) is 0.222. The van der Waals surface area contributed by atoms with Crippen molar-refractivity contribution in [3.8, 4) is 5.75 Å². The first kappa shape index (κ1) is 18.6. The number of ether oxygens (including phenoxy) is 1. The summed E-state index contributed by atoms with van der Waals surface area (Å²) in [6.45, 7) is 5.83.